The van der Waals surface area contributed by atoms with Crippen LogP contribution in [0.3, 0.4) is 0 Å². The molecule has 0 bridgehead atoms. The summed E-state index contributed by atoms with van der Waals surface area (Å²) in [7, 11) is 1.76. The minimum Gasteiger partial charge on any atom is -0.444 e. The number of nitrogens with zero attached hydrogens (tertiary/aromatic N) is 1. The van der Waals surface area contributed by atoms with E-state index in [9.17, 15) is 9.59 Å². The van der Waals surface area contributed by atoms with Gasteiger partial charge in [-0.3, -0.25) is 4.79 Å². The van der Waals surface area contributed by atoms with Gasteiger partial charge in [0.15, 0.2) is 5.78 Å². The van der Waals surface area contributed by atoms with Crippen molar-refractivity contribution in [2.75, 3.05) is 19.5 Å². The standard InChI is InChI=1S/C19H25ClINO3/c1-19(17(23)12-20,14-7-6-8-15(21)11-14)10-5-3-4-9-16-13-22(2)18(24)25-16/h6-8,11,16H,3-5,9-10,12-13H2,1-2H3. The van der Waals surface area contributed by atoms with Gasteiger partial charge in [-0.15, -0.1) is 11.6 Å². The van der Waals surface area contributed by atoms with Crippen LogP contribution in [0, 0.1) is 3.57 Å². The van der Waals surface area contributed by atoms with Crippen molar-refractivity contribution in [2.45, 2.75) is 50.5 Å². The Morgan fingerprint density at radius 3 is 2.76 bits per heavy atom. The number of rotatable bonds is 9. The number of hydrogen-bond donors (Lipinski definition) is 0. The summed E-state index contributed by atoms with van der Waals surface area (Å²) in [6.07, 6.45) is 4.37. The summed E-state index contributed by atoms with van der Waals surface area (Å²) in [6, 6.07) is 8.09. The van der Waals surface area contributed by atoms with E-state index in [1.54, 1.807) is 11.9 Å². The number of halogens is 2. The van der Waals surface area contributed by atoms with Gasteiger partial charge in [-0.2, -0.15) is 0 Å². The number of benzene rings is 1. The number of carbonyl (C=O) groups excluding carboxylic acids is 2. The maximum absolute atomic E-state index is 12.5. The van der Waals surface area contributed by atoms with Crippen molar-refractivity contribution >= 4 is 46.1 Å². The highest BCUT2D eigenvalue weighted by Gasteiger charge is 2.34. The molecule has 1 heterocycles. The number of cyclic esters (lactones) is 1. The lowest BCUT2D eigenvalue weighted by atomic mass is 9.75. The molecule has 0 spiro atoms. The number of carbonyl (C=O) groups is 2. The fraction of sp³-hybridized carbons (Fsp3) is 0.579. The zero-order valence-electron chi connectivity index (χ0n) is 14.8. The van der Waals surface area contributed by atoms with E-state index in [-0.39, 0.29) is 23.9 Å². The third kappa shape index (κ3) is 5.33. The first-order valence-corrected chi connectivity index (χ1v) is 10.2. The molecule has 1 aromatic carbocycles. The summed E-state index contributed by atoms with van der Waals surface area (Å²) in [5.41, 5.74) is 0.500. The maximum atomic E-state index is 12.5. The van der Waals surface area contributed by atoms with Crippen LogP contribution in [0.5, 0.6) is 0 Å². The molecule has 1 saturated heterocycles. The van der Waals surface area contributed by atoms with E-state index in [0.29, 0.717) is 6.54 Å². The average molecular weight is 478 g/mol. The number of Topliss-reactive ketones (excluding diaryl/α,β-unsaturated/α-hetero) is 1. The van der Waals surface area contributed by atoms with Gasteiger partial charge in [-0.05, 0) is 66.5 Å². The molecule has 1 aliphatic rings. The highest BCUT2D eigenvalue weighted by atomic mass is 127. The van der Waals surface area contributed by atoms with Crippen LogP contribution in [0.2, 0.25) is 0 Å². The minimum absolute atomic E-state index is 0.00376. The Morgan fingerprint density at radius 2 is 2.16 bits per heavy atom. The third-order valence-electron chi connectivity index (χ3n) is 4.96. The first kappa shape index (κ1) is 20.5. The van der Waals surface area contributed by atoms with Crippen molar-refractivity contribution in [3.8, 4) is 0 Å². The maximum Gasteiger partial charge on any atom is 0.409 e. The van der Waals surface area contributed by atoms with Crippen LogP contribution in [-0.4, -0.2) is 42.4 Å². The van der Waals surface area contributed by atoms with Crippen molar-refractivity contribution in [3.63, 3.8) is 0 Å². The van der Waals surface area contributed by atoms with Crippen LogP contribution in [0.1, 0.15) is 44.6 Å². The summed E-state index contributed by atoms with van der Waals surface area (Å²) in [5.74, 6) is 0.106. The van der Waals surface area contributed by atoms with E-state index in [4.69, 9.17) is 16.3 Å². The first-order chi connectivity index (χ1) is 11.9. The number of hydrogen-bond acceptors (Lipinski definition) is 3. The van der Waals surface area contributed by atoms with E-state index >= 15 is 0 Å². The highest BCUT2D eigenvalue weighted by Crippen LogP contribution is 2.32. The van der Waals surface area contributed by atoms with Gasteiger partial charge in [0.2, 0.25) is 0 Å². The van der Waals surface area contributed by atoms with E-state index in [1.807, 2.05) is 25.1 Å². The predicted octanol–water partition coefficient (Wildman–Crippen LogP) is 4.76. The highest BCUT2D eigenvalue weighted by molar-refractivity contribution is 14.1. The molecule has 4 nitrogen and oxygen atoms in total. The normalized spacial score (nSPS) is 19.6. The van der Waals surface area contributed by atoms with Crippen LogP contribution in [-0.2, 0) is 14.9 Å². The molecule has 0 N–H and O–H groups in total. The Balaban J connectivity index is 1.86. The predicted molar refractivity (Wildman–Crippen MR) is 108 cm³/mol. The smallest absolute Gasteiger partial charge is 0.409 e. The molecule has 2 atom stereocenters. The molecular formula is C19H25ClINO3. The van der Waals surface area contributed by atoms with E-state index in [0.717, 1.165) is 41.2 Å². The van der Waals surface area contributed by atoms with Crippen molar-refractivity contribution in [2.24, 2.45) is 0 Å². The lowest BCUT2D eigenvalue weighted by molar-refractivity contribution is -0.121. The second-order valence-electron chi connectivity index (χ2n) is 6.88. The number of amides is 1. The molecule has 2 unspecified atom stereocenters. The van der Waals surface area contributed by atoms with Crippen LogP contribution in [0.25, 0.3) is 0 Å². The van der Waals surface area contributed by atoms with Gasteiger partial charge in [-0.1, -0.05) is 25.0 Å². The molecule has 0 radical (unpaired) electrons. The van der Waals surface area contributed by atoms with Crippen LogP contribution in [0.4, 0.5) is 4.79 Å². The summed E-state index contributed by atoms with van der Waals surface area (Å²) >= 11 is 8.14. The van der Waals surface area contributed by atoms with Gasteiger partial charge in [0.05, 0.1) is 17.8 Å². The SMILES string of the molecule is CN1CC(CCCCCC(C)(C(=O)CCl)c2cccc(I)c2)OC1=O. The zero-order valence-corrected chi connectivity index (χ0v) is 17.7. The monoisotopic (exact) mass is 477 g/mol. The molecule has 6 heteroatoms. The summed E-state index contributed by atoms with van der Waals surface area (Å²) < 4.78 is 6.39. The van der Waals surface area contributed by atoms with Gasteiger partial charge < -0.3 is 9.64 Å². The second-order valence-corrected chi connectivity index (χ2v) is 8.40. The Bertz CT molecular complexity index is 624. The van der Waals surface area contributed by atoms with Crippen LogP contribution < -0.4 is 0 Å². The number of ketones is 1. The molecule has 0 aliphatic carbocycles. The van der Waals surface area contributed by atoms with Crippen molar-refractivity contribution in [1.29, 1.82) is 0 Å². The van der Waals surface area contributed by atoms with E-state index in [2.05, 4.69) is 28.7 Å². The number of ether oxygens (including phenoxy) is 1. The number of alkyl halides is 1. The molecule has 138 valence electrons. The molecule has 0 saturated carbocycles. The summed E-state index contributed by atoms with van der Waals surface area (Å²) in [4.78, 5) is 25.5. The molecule has 1 aliphatic heterocycles. The van der Waals surface area contributed by atoms with Gasteiger partial charge in [0, 0.05) is 10.6 Å². The molecule has 1 fully saturated rings. The van der Waals surface area contributed by atoms with Crippen molar-refractivity contribution in [3.05, 3.63) is 33.4 Å². The van der Waals surface area contributed by atoms with Crippen molar-refractivity contribution in [1.82, 2.24) is 4.90 Å². The lowest BCUT2D eigenvalue weighted by Gasteiger charge is -2.28. The Morgan fingerprint density at radius 1 is 1.40 bits per heavy atom. The Labute approximate surface area is 168 Å². The number of unbranched alkanes of at least 4 members (excludes halogenated alkanes) is 2. The zero-order chi connectivity index (χ0) is 18.4. The Kier molecular flexibility index (Phi) is 7.55. The quantitative estimate of drug-likeness (QED) is 0.293. The van der Waals surface area contributed by atoms with Crippen molar-refractivity contribution < 1.29 is 14.3 Å². The fourth-order valence-electron chi connectivity index (χ4n) is 3.25. The molecule has 2 rings (SSSR count). The molecule has 0 aromatic heterocycles. The number of likely N-dealkylation sites (N-methyl/N-ethyl adjacent to an activating group) is 1. The second kappa shape index (κ2) is 9.21. The lowest BCUT2D eigenvalue weighted by Crippen LogP contribution is -2.33. The topological polar surface area (TPSA) is 46.6 Å². The fourth-order valence-corrected chi connectivity index (χ4v) is 4.09. The molecule has 1 aromatic rings. The van der Waals surface area contributed by atoms with Crippen LogP contribution in [0.15, 0.2) is 24.3 Å². The summed E-state index contributed by atoms with van der Waals surface area (Å²) in [5, 5.41) is 0. The first-order valence-electron chi connectivity index (χ1n) is 8.64. The Hall–Kier alpha value is -0.820. The van der Waals surface area contributed by atoms with E-state index < -0.39 is 5.41 Å². The van der Waals surface area contributed by atoms with Gasteiger partial charge in [-0.25, -0.2) is 4.79 Å². The molecule has 25 heavy (non-hydrogen) atoms. The third-order valence-corrected chi connectivity index (χ3v) is 5.87. The molecular weight excluding hydrogens is 453 g/mol. The summed E-state index contributed by atoms with van der Waals surface area (Å²) in [6.45, 7) is 2.67. The average Bonchev–Trinajstić information content (AvgIpc) is 2.91. The van der Waals surface area contributed by atoms with Gasteiger partial charge >= 0.3 is 6.09 Å². The van der Waals surface area contributed by atoms with Gasteiger partial charge in [0.25, 0.3) is 0 Å². The largest absolute Gasteiger partial charge is 0.444 e. The molecule has 1 amide bonds. The van der Waals surface area contributed by atoms with E-state index in [1.165, 1.54) is 0 Å². The van der Waals surface area contributed by atoms with Crippen LogP contribution >= 0.6 is 34.2 Å². The van der Waals surface area contributed by atoms with Gasteiger partial charge in [0.1, 0.15) is 6.10 Å². The minimum atomic E-state index is -0.539.